The number of thioether (sulfide) groups is 1. The second kappa shape index (κ2) is 10.4. The van der Waals surface area contributed by atoms with Crippen molar-refractivity contribution in [3.05, 3.63) is 57.9 Å². The molecular formula is C19H28OS. The van der Waals surface area contributed by atoms with Gasteiger partial charge in [-0.3, -0.25) is 4.79 Å². The highest BCUT2D eigenvalue weighted by Gasteiger charge is 2.14. The van der Waals surface area contributed by atoms with Crippen LogP contribution in [0.2, 0.25) is 0 Å². The number of hydrogen-bond donors (Lipinski definition) is 0. The van der Waals surface area contributed by atoms with E-state index >= 15 is 0 Å². The summed E-state index contributed by atoms with van der Waals surface area (Å²) in [5.41, 5.74) is 3.27. The van der Waals surface area contributed by atoms with Crippen LogP contribution in [0.4, 0.5) is 0 Å². The van der Waals surface area contributed by atoms with Gasteiger partial charge in [-0.05, 0) is 55.2 Å². The Kier molecular flexibility index (Phi) is 9.81. The van der Waals surface area contributed by atoms with E-state index in [1.165, 1.54) is 11.8 Å². The molecule has 2 heteroatoms. The van der Waals surface area contributed by atoms with Crippen LogP contribution in [0.3, 0.4) is 0 Å². The normalized spacial score (nSPS) is 13.8. The molecule has 0 heterocycles. The monoisotopic (exact) mass is 304 g/mol. The van der Waals surface area contributed by atoms with E-state index in [0.29, 0.717) is 0 Å². The van der Waals surface area contributed by atoms with E-state index in [4.69, 9.17) is 0 Å². The number of allylic oxidation sites excluding steroid dienone is 8. The molecule has 0 aliphatic heterocycles. The van der Waals surface area contributed by atoms with Crippen LogP contribution in [0.25, 0.3) is 0 Å². The maximum atomic E-state index is 12.0. The van der Waals surface area contributed by atoms with E-state index in [2.05, 4.69) is 33.1 Å². The van der Waals surface area contributed by atoms with E-state index in [-0.39, 0.29) is 5.78 Å². The lowest BCUT2D eigenvalue weighted by Crippen LogP contribution is -2.00. The first kappa shape index (κ1) is 19.7. The zero-order chi connectivity index (χ0) is 16.4. The molecule has 0 atom stereocenters. The van der Waals surface area contributed by atoms with Gasteiger partial charge in [0.2, 0.25) is 0 Å². The van der Waals surface area contributed by atoms with Crippen molar-refractivity contribution in [3.63, 3.8) is 0 Å². The Hall–Kier alpha value is -1.28. The minimum Gasteiger partial charge on any atom is -0.294 e. The predicted octanol–water partition coefficient (Wildman–Crippen LogP) is 6.37. The van der Waals surface area contributed by atoms with Gasteiger partial charge in [0.05, 0.1) is 4.91 Å². The maximum absolute atomic E-state index is 12.0. The Labute approximate surface area is 134 Å². The highest BCUT2D eigenvalue weighted by molar-refractivity contribution is 8.07. The topological polar surface area (TPSA) is 17.1 Å². The fraction of sp³-hybridized carbons (Fsp3) is 0.421. The van der Waals surface area contributed by atoms with Gasteiger partial charge < -0.3 is 0 Å². The Morgan fingerprint density at radius 1 is 1.24 bits per heavy atom. The second-order valence-corrected chi connectivity index (χ2v) is 6.09. The number of carbonyl (C=O) groups is 1. The second-order valence-electron chi connectivity index (χ2n) is 4.90. The fourth-order valence-electron chi connectivity index (χ4n) is 2.09. The molecule has 0 rings (SSSR count). The number of hydrogen-bond acceptors (Lipinski definition) is 2. The molecule has 0 aromatic carbocycles. The summed E-state index contributed by atoms with van der Waals surface area (Å²) >= 11 is 1.51. The molecule has 0 N–H and O–H groups in total. The van der Waals surface area contributed by atoms with Crippen molar-refractivity contribution in [3.8, 4) is 0 Å². The zero-order valence-electron chi connectivity index (χ0n) is 14.1. The van der Waals surface area contributed by atoms with Gasteiger partial charge in [0, 0.05) is 0 Å². The molecule has 0 bridgehead atoms. The number of ketones is 1. The molecule has 0 aromatic heterocycles. The molecule has 0 radical (unpaired) electrons. The van der Waals surface area contributed by atoms with Gasteiger partial charge in [-0.25, -0.2) is 0 Å². The first-order valence-electron chi connectivity index (χ1n) is 7.48. The summed E-state index contributed by atoms with van der Waals surface area (Å²) in [6.07, 6.45) is 8.80. The Morgan fingerprint density at radius 3 is 2.24 bits per heavy atom. The van der Waals surface area contributed by atoms with E-state index < -0.39 is 0 Å². The quantitative estimate of drug-likeness (QED) is 0.364. The highest BCUT2D eigenvalue weighted by atomic mass is 32.2. The molecule has 0 amide bonds. The molecule has 0 unspecified atom stereocenters. The van der Waals surface area contributed by atoms with Crippen molar-refractivity contribution in [2.75, 3.05) is 0 Å². The predicted molar refractivity (Wildman–Crippen MR) is 97.3 cm³/mol. The third-order valence-corrected chi connectivity index (χ3v) is 4.44. The van der Waals surface area contributed by atoms with Crippen LogP contribution in [0.1, 0.15) is 53.9 Å². The van der Waals surface area contributed by atoms with Crippen molar-refractivity contribution in [2.45, 2.75) is 53.9 Å². The smallest absolute Gasteiger partial charge is 0.166 e. The van der Waals surface area contributed by atoms with Crippen LogP contribution < -0.4 is 0 Å². The third kappa shape index (κ3) is 6.34. The summed E-state index contributed by atoms with van der Waals surface area (Å²) in [4.78, 5) is 13.9. The third-order valence-electron chi connectivity index (χ3n) is 3.15. The average molecular weight is 304 g/mol. The Morgan fingerprint density at radius 2 is 1.86 bits per heavy atom. The molecule has 0 saturated carbocycles. The highest BCUT2D eigenvalue weighted by Crippen LogP contribution is 2.34. The number of Topliss-reactive ketones (excluding diaryl/α,β-unsaturated/α-hetero) is 1. The van der Waals surface area contributed by atoms with Crippen LogP contribution in [0.5, 0.6) is 0 Å². The maximum Gasteiger partial charge on any atom is 0.166 e. The summed E-state index contributed by atoms with van der Waals surface area (Å²) in [5, 5.41) is 0. The van der Waals surface area contributed by atoms with Gasteiger partial charge in [0.15, 0.2) is 5.78 Å². The molecule has 116 valence electrons. The van der Waals surface area contributed by atoms with Gasteiger partial charge in [0.25, 0.3) is 0 Å². The van der Waals surface area contributed by atoms with Gasteiger partial charge >= 0.3 is 0 Å². The summed E-state index contributed by atoms with van der Waals surface area (Å²) in [6.45, 7) is 17.8. The first-order valence-corrected chi connectivity index (χ1v) is 8.30. The Bertz CT molecular complexity index is 490. The van der Waals surface area contributed by atoms with Crippen LogP contribution in [-0.2, 0) is 4.79 Å². The lowest BCUT2D eigenvalue weighted by molar-refractivity contribution is -0.113. The largest absolute Gasteiger partial charge is 0.294 e. The zero-order valence-corrected chi connectivity index (χ0v) is 14.9. The van der Waals surface area contributed by atoms with Crippen molar-refractivity contribution >= 4 is 17.5 Å². The summed E-state index contributed by atoms with van der Waals surface area (Å²) in [7, 11) is 0. The van der Waals surface area contributed by atoms with Gasteiger partial charge in [-0.1, -0.05) is 63.4 Å². The van der Waals surface area contributed by atoms with Gasteiger partial charge in [0.1, 0.15) is 0 Å². The molecule has 0 aliphatic carbocycles. The van der Waals surface area contributed by atoms with E-state index in [1.807, 2.05) is 26.0 Å². The molecule has 1 nitrogen and oxygen atoms in total. The summed E-state index contributed by atoms with van der Waals surface area (Å²) < 4.78 is 0. The Balaban J connectivity index is 5.91. The SMILES string of the molecule is C=C/C(CC)=C(\C=C/C)C(/C)=C(\SC(=C)CCC)C(C)=O. The van der Waals surface area contributed by atoms with Crippen molar-refractivity contribution in [2.24, 2.45) is 0 Å². The minimum absolute atomic E-state index is 0.0938. The van der Waals surface area contributed by atoms with E-state index in [0.717, 1.165) is 45.8 Å². The molecule has 0 aromatic rings. The molecular weight excluding hydrogens is 276 g/mol. The first-order chi connectivity index (χ1) is 9.92. The summed E-state index contributed by atoms with van der Waals surface area (Å²) in [6, 6.07) is 0. The average Bonchev–Trinajstić information content (AvgIpc) is 2.44. The van der Waals surface area contributed by atoms with Crippen LogP contribution in [0, 0.1) is 0 Å². The molecule has 21 heavy (non-hydrogen) atoms. The lowest BCUT2D eigenvalue weighted by Gasteiger charge is -2.14. The van der Waals surface area contributed by atoms with E-state index in [9.17, 15) is 4.79 Å². The fourth-order valence-corrected chi connectivity index (χ4v) is 3.09. The lowest BCUT2D eigenvalue weighted by atomic mass is 9.97. The number of rotatable bonds is 9. The van der Waals surface area contributed by atoms with Crippen LogP contribution >= 0.6 is 11.8 Å². The van der Waals surface area contributed by atoms with Crippen LogP contribution in [-0.4, -0.2) is 5.78 Å². The van der Waals surface area contributed by atoms with Crippen molar-refractivity contribution < 1.29 is 4.79 Å². The van der Waals surface area contributed by atoms with Gasteiger partial charge in [-0.15, -0.1) is 0 Å². The number of carbonyl (C=O) groups excluding carboxylic acids is 1. The molecule has 0 aliphatic rings. The van der Waals surface area contributed by atoms with E-state index in [1.54, 1.807) is 6.92 Å². The molecule has 0 fully saturated rings. The van der Waals surface area contributed by atoms with Crippen molar-refractivity contribution in [1.82, 2.24) is 0 Å². The van der Waals surface area contributed by atoms with Crippen molar-refractivity contribution in [1.29, 1.82) is 0 Å². The standard InChI is InChI=1S/C19H28OS/c1-8-12-14(5)21-19(16(7)20)15(6)18(13-9-2)17(10-3)11-4/h9-10,13H,3,5,8,11-12H2,1-2,4,6-7H3/b13-9-,18-17-,19-15-. The molecule has 0 spiro atoms. The molecule has 0 saturated heterocycles. The summed E-state index contributed by atoms with van der Waals surface area (Å²) in [5.74, 6) is 0.0938. The van der Waals surface area contributed by atoms with Crippen LogP contribution in [0.15, 0.2) is 57.9 Å². The minimum atomic E-state index is 0.0938. The van der Waals surface area contributed by atoms with Gasteiger partial charge in [-0.2, -0.15) is 0 Å².